The van der Waals surface area contributed by atoms with Gasteiger partial charge in [0.15, 0.2) is 17.3 Å². The molecule has 0 amide bonds. The maximum atomic E-state index is 13.2. The largest absolute Gasteiger partial charge is 0.504 e. The number of hydrogen-bond donors (Lipinski definition) is 1. The number of fused-ring (bicyclic) bond motifs is 1. The summed E-state index contributed by atoms with van der Waals surface area (Å²) < 4.78 is 43.8. The van der Waals surface area contributed by atoms with Gasteiger partial charge in [0.1, 0.15) is 5.52 Å². The molecule has 1 heterocycles. The first-order chi connectivity index (χ1) is 7.56. The number of benzene rings is 1. The Bertz CT molecular complexity index is 572. The minimum Gasteiger partial charge on any atom is -0.504 e. The van der Waals surface area contributed by atoms with Crippen LogP contribution in [-0.2, 0) is 0 Å². The van der Waals surface area contributed by atoms with Gasteiger partial charge < -0.3 is 9.84 Å². The van der Waals surface area contributed by atoms with Crippen molar-refractivity contribution in [3.05, 3.63) is 29.7 Å². The van der Waals surface area contributed by atoms with Crippen molar-refractivity contribution in [1.82, 2.24) is 4.98 Å². The summed E-state index contributed by atoms with van der Waals surface area (Å²) in [6.07, 6.45) is 0. The van der Waals surface area contributed by atoms with Crippen LogP contribution in [0.2, 0.25) is 0 Å². The van der Waals surface area contributed by atoms with Gasteiger partial charge in [0.05, 0.1) is 7.11 Å². The molecular formula is C10H6F3NO2. The fourth-order valence-corrected chi connectivity index (χ4v) is 1.41. The molecule has 0 unspecified atom stereocenters. The van der Waals surface area contributed by atoms with Crippen molar-refractivity contribution in [3.8, 4) is 11.5 Å². The lowest BCUT2D eigenvalue weighted by Crippen LogP contribution is -1.97. The Kier molecular flexibility index (Phi) is 2.34. The summed E-state index contributed by atoms with van der Waals surface area (Å²) in [6.45, 7) is 0. The Balaban J connectivity index is 2.95. The molecule has 1 aromatic carbocycles. The number of pyridine rings is 1. The molecule has 0 fully saturated rings. The number of rotatable bonds is 1. The molecule has 3 nitrogen and oxygen atoms in total. The summed E-state index contributed by atoms with van der Waals surface area (Å²) in [4.78, 5) is 3.20. The fraction of sp³-hybridized carbons (Fsp3) is 0.100. The van der Waals surface area contributed by atoms with E-state index in [0.717, 1.165) is 19.2 Å². The van der Waals surface area contributed by atoms with Crippen molar-refractivity contribution >= 4 is 10.9 Å². The predicted molar refractivity (Wildman–Crippen MR) is 49.8 cm³/mol. The Labute approximate surface area is 88.1 Å². The first-order valence-corrected chi connectivity index (χ1v) is 4.26. The van der Waals surface area contributed by atoms with Crippen molar-refractivity contribution in [2.75, 3.05) is 7.11 Å². The lowest BCUT2D eigenvalue weighted by molar-refractivity contribution is 0.384. The van der Waals surface area contributed by atoms with Crippen molar-refractivity contribution < 1.29 is 23.0 Å². The SMILES string of the molecule is COc1c(F)ccc2c(O)c(F)c(F)nc12. The maximum Gasteiger partial charge on any atom is 0.253 e. The van der Waals surface area contributed by atoms with E-state index in [1.807, 2.05) is 0 Å². The third kappa shape index (κ3) is 1.34. The monoisotopic (exact) mass is 229 g/mol. The molecule has 16 heavy (non-hydrogen) atoms. The normalized spacial score (nSPS) is 10.8. The first kappa shape index (κ1) is 10.5. The molecule has 2 aromatic rings. The molecule has 0 saturated heterocycles. The van der Waals surface area contributed by atoms with E-state index >= 15 is 0 Å². The molecule has 0 radical (unpaired) electrons. The minimum atomic E-state index is -1.51. The van der Waals surface area contributed by atoms with Crippen LogP contribution in [0.1, 0.15) is 0 Å². The highest BCUT2D eigenvalue weighted by atomic mass is 19.2. The van der Waals surface area contributed by atoms with Crippen LogP contribution in [0.15, 0.2) is 12.1 Å². The minimum absolute atomic E-state index is 0.114. The molecule has 6 heteroatoms. The van der Waals surface area contributed by atoms with E-state index < -0.39 is 23.3 Å². The standard InChI is InChI=1S/C10H6F3NO2/c1-16-9-5(11)3-2-4-7(9)14-10(13)6(12)8(4)15/h2-3H,1H3,(H,14,15). The van der Waals surface area contributed by atoms with Gasteiger partial charge in [-0.3, -0.25) is 0 Å². The highest BCUT2D eigenvalue weighted by Gasteiger charge is 2.18. The van der Waals surface area contributed by atoms with E-state index in [1.165, 1.54) is 0 Å². The van der Waals surface area contributed by atoms with Crippen LogP contribution in [0.4, 0.5) is 13.2 Å². The molecule has 0 saturated carbocycles. The van der Waals surface area contributed by atoms with Crippen LogP contribution in [-0.4, -0.2) is 17.2 Å². The molecular weight excluding hydrogens is 223 g/mol. The van der Waals surface area contributed by atoms with Gasteiger partial charge >= 0.3 is 0 Å². The molecule has 0 bridgehead atoms. The van der Waals surface area contributed by atoms with Gasteiger partial charge in [-0.05, 0) is 12.1 Å². The van der Waals surface area contributed by atoms with E-state index in [-0.39, 0.29) is 16.7 Å². The smallest absolute Gasteiger partial charge is 0.253 e. The molecule has 1 aromatic heterocycles. The molecule has 0 aliphatic heterocycles. The van der Waals surface area contributed by atoms with Gasteiger partial charge in [-0.2, -0.15) is 8.78 Å². The van der Waals surface area contributed by atoms with Gasteiger partial charge in [0.25, 0.3) is 5.95 Å². The Morgan fingerprint density at radius 2 is 1.94 bits per heavy atom. The molecule has 0 spiro atoms. The summed E-state index contributed by atoms with van der Waals surface area (Å²) in [5, 5.41) is 9.20. The Morgan fingerprint density at radius 1 is 1.25 bits per heavy atom. The molecule has 2 rings (SSSR count). The molecule has 1 N–H and O–H groups in total. The van der Waals surface area contributed by atoms with Gasteiger partial charge in [0, 0.05) is 5.39 Å². The van der Waals surface area contributed by atoms with Crippen LogP contribution < -0.4 is 4.74 Å². The van der Waals surface area contributed by atoms with Gasteiger partial charge in [-0.15, -0.1) is 0 Å². The number of aromatic hydroxyl groups is 1. The summed E-state index contributed by atoms with van der Waals surface area (Å²) in [6, 6.07) is 2.07. The zero-order valence-electron chi connectivity index (χ0n) is 8.09. The average Bonchev–Trinajstić information content (AvgIpc) is 2.26. The van der Waals surface area contributed by atoms with Gasteiger partial charge in [0.2, 0.25) is 5.82 Å². The quantitative estimate of drug-likeness (QED) is 0.763. The zero-order valence-corrected chi connectivity index (χ0v) is 8.09. The highest BCUT2D eigenvalue weighted by Crippen LogP contribution is 2.34. The number of hydrogen-bond acceptors (Lipinski definition) is 3. The van der Waals surface area contributed by atoms with Crippen molar-refractivity contribution in [1.29, 1.82) is 0 Å². The average molecular weight is 229 g/mol. The second-order valence-corrected chi connectivity index (χ2v) is 3.04. The van der Waals surface area contributed by atoms with Crippen LogP contribution in [0.3, 0.4) is 0 Å². The number of ether oxygens (including phenoxy) is 1. The molecule has 0 atom stereocenters. The summed E-state index contributed by atoms with van der Waals surface area (Å²) in [5.74, 6) is -5.00. The van der Waals surface area contributed by atoms with Crippen LogP contribution in [0.25, 0.3) is 10.9 Å². The van der Waals surface area contributed by atoms with Gasteiger partial charge in [-0.1, -0.05) is 0 Å². The predicted octanol–water partition coefficient (Wildman–Crippen LogP) is 2.37. The van der Waals surface area contributed by atoms with Gasteiger partial charge in [-0.25, -0.2) is 9.37 Å². The van der Waals surface area contributed by atoms with Crippen molar-refractivity contribution in [2.24, 2.45) is 0 Å². The molecule has 0 aliphatic rings. The number of methoxy groups -OCH3 is 1. The Morgan fingerprint density at radius 3 is 2.56 bits per heavy atom. The van der Waals surface area contributed by atoms with Crippen molar-refractivity contribution in [3.63, 3.8) is 0 Å². The third-order valence-corrected chi connectivity index (χ3v) is 2.14. The fourth-order valence-electron chi connectivity index (χ4n) is 1.41. The lowest BCUT2D eigenvalue weighted by atomic mass is 10.2. The van der Waals surface area contributed by atoms with E-state index in [2.05, 4.69) is 9.72 Å². The summed E-state index contributed by atoms with van der Waals surface area (Å²) in [7, 11) is 1.16. The Hall–Kier alpha value is -1.98. The molecule has 84 valence electrons. The van der Waals surface area contributed by atoms with Crippen LogP contribution >= 0.6 is 0 Å². The second-order valence-electron chi connectivity index (χ2n) is 3.04. The lowest BCUT2D eigenvalue weighted by Gasteiger charge is -2.07. The second kappa shape index (κ2) is 3.55. The van der Waals surface area contributed by atoms with E-state index in [1.54, 1.807) is 0 Å². The van der Waals surface area contributed by atoms with Crippen LogP contribution in [0.5, 0.6) is 11.5 Å². The van der Waals surface area contributed by atoms with E-state index in [4.69, 9.17) is 0 Å². The summed E-state index contributed by atoms with van der Waals surface area (Å²) in [5.41, 5.74) is -0.265. The number of nitrogens with zero attached hydrogens (tertiary/aromatic N) is 1. The topological polar surface area (TPSA) is 42.4 Å². The zero-order chi connectivity index (χ0) is 11.9. The van der Waals surface area contributed by atoms with Crippen LogP contribution in [0, 0.1) is 17.6 Å². The van der Waals surface area contributed by atoms with Crippen molar-refractivity contribution in [2.45, 2.75) is 0 Å². The van der Waals surface area contributed by atoms with E-state index in [9.17, 15) is 18.3 Å². The number of halogens is 3. The third-order valence-electron chi connectivity index (χ3n) is 2.14. The highest BCUT2D eigenvalue weighted by molar-refractivity contribution is 5.89. The molecule has 0 aliphatic carbocycles. The number of aromatic nitrogens is 1. The summed E-state index contributed by atoms with van der Waals surface area (Å²) >= 11 is 0. The first-order valence-electron chi connectivity index (χ1n) is 4.26. The van der Waals surface area contributed by atoms with E-state index in [0.29, 0.717) is 0 Å². The maximum absolute atomic E-state index is 13.2.